The number of hydrogen-bond acceptors (Lipinski definition) is 5. The summed E-state index contributed by atoms with van der Waals surface area (Å²) < 4.78 is 21.1. The number of amides is 1. The summed E-state index contributed by atoms with van der Waals surface area (Å²) in [7, 11) is 0. The number of carbonyl (C=O) groups is 2. The predicted molar refractivity (Wildman–Crippen MR) is 109 cm³/mol. The summed E-state index contributed by atoms with van der Waals surface area (Å²) in [6.07, 6.45) is 0.0763. The average Bonchev–Trinajstić information content (AvgIpc) is 3.09. The molecule has 2 aromatic rings. The zero-order valence-electron chi connectivity index (χ0n) is 14.6. The maximum Gasteiger partial charge on any atom is 0.257 e. The molecule has 28 heavy (non-hydrogen) atoms. The fourth-order valence-corrected chi connectivity index (χ4v) is 5.13. The van der Waals surface area contributed by atoms with E-state index < -0.39 is 17.5 Å². The first-order chi connectivity index (χ1) is 13.5. The molecule has 2 aliphatic rings. The van der Waals surface area contributed by atoms with Gasteiger partial charge in [-0.1, -0.05) is 45.9 Å². The highest BCUT2D eigenvalue weighted by molar-refractivity contribution is 9.10. The SMILES string of the molecule is O=C[C@H]1OC[C@]2(c3cc(Br)ccc3F)N=C(NC(=O)c3ccccc3)SC[C@H]12. The number of rotatable bonds is 3. The van der Waals surface area contributed by atoms with E-state index in [9.17, 15) is 14.0 Å². The molecule has 8 heteroatoms. The molecule has 0 radical (unpaired) electrons. The molecule has 0 unspecified atom stereocenters. The third-order valence-electron chi connectivity index (χ3n) is 4.99. The number of fused-ring (bicyclic) bond motifs is 1. The molecule has 1 saturated heterocycles. The molecule has 4 rings (SSSR count). The average molecular weight is 463 g/mol. The second-order valence-corrected chi connectivity index (χ2v) is 8.54. The van der Waals surface area contributed by atoms with Gasteiger partial charge in [-0.2, -0.15) is 0 Å². The molecule has 0 aliphatic carbocycles. The first kappa shape index (κ1) is 19.3. The van der Waals surface area contributed by atoms with Gasteiger partial charge in [0.25, 0.3) is 5.91 Å². The Hall–Kier alpha value is -2.03. The zero-order valence-corrected chi connectivity index (χ0v) is 17.0. The van der Waals surface area contributed by atoms with Crippen LogP contribution in [0.3, 0.4) is 0 Å². The number of thioether (sulfide) groups is 1. The standard InChI is InChI=1S/C20H16BrFN2O3S/c21-13-6-7-16(22)14(8-13)20-11-27-17(9-25)15(20)10-28-19(24-20)23-18(26)12-4-2-1-3-5-12/h1-9,15,17H,10-11H2,(H,23,24,26)/t15-,17-,20-/m1/s1. The van der Waals surface area contributed by atoms with E-state index in [1.165, 1.54) is 17.8 Å². The number of hydrogen-bond donors (Lipinski definition) is 1. The number of amidine groups is 1. The quantitative estimate of drug-likeness (QED) is 0.708. The molecule has 1 fully saturated rings. The van der Waals surface area contributed by atoms with Crippen molar-refractivity contribution in [3.05, 3.63) is 69.9 Å². The first-order valence-corrected chi connectivity index (χ1v) is 10.4. The number of aldehydes is 1. The maximum absolute atomic E-state index is 14.7. The Morgan fingerprint density at radius 2 is 2.11 bits per heavy atom. The van der Waals surface area contributed by atoms with Gasteiger partial charge >= 0.3 is 0 Å². The molecule has 5 nitrogen and oxygen atoms in total. The molecule has 0 saturated carbocycles. The Bertz CT molecular complexity index is 956. The molecule has 2 aromatic carbocycles. The van der Waals surface area contributed by atoms with Crippen molar-refractivity contribution in [1.82, 2.24) is 5.32 Å². The lowest BCUT2D eigenvalue weighted by atomic mass is 9.79. The highest BCUT2D eigenvalue weighted by Gasteiger charge is 2.54. The van der Waals surface area contributed by atoms with Gasteiger partial charge in [-0.05, 0) is 30.3 Å². The van der Waals surface area contributed by atoms with Crippen LogP contribution in [0.4, 0.5) is 4.39 Å². The van der Waals surface area contributed by atoms with Gasteiger partial charge in [-0.3, -0.25) is 4.79 Å². The van der Waals surface area contributed by atoms with Crippen molar-refractivity contribution in [1.29, 1.82) is 0 Å². The molecular weight excluding hydrogens is 447 g/mol. The van der Waals surface area contributed by atoms with Crippen LogP contribution >= 0.6 is 27.7 Å². The largest absolute Gasteiger partial charge is 0.367 e. The fraction of sp³-hybridized carbons (Fsp3) is 0.250. The molecular formula is C20H16BrFN2O3S. The minimum Gasteiger partial charge on any atom is -0.367 e. The minimum absolute atomic E-state index is 0.0692. The van der Waals surface area contributed by atoms with Crippen molar-refractivity contribution in [2.75, 3.05) is 12.4 Å². The van der Waals surface area contributed by atoms with Crippen LogP contribution in [0.1, 0.15) is 15.9 Å². The number of halogens is 2. The molecule has 1 N–H and O–H groups in total. The third kappa shape index (κ3) is 3.40. The number of nitrogens with zero attached hydrogens (tertiary/aromatic N) is 1. The number of ether oxygens (including phenoxy) is 1. The third-order valence-corrected chi connectivity index (χ3v) is 6.48. The van der Waals surface area contributed by atoms with E-state index in [0.29, 0.717) is 26.5 Å². The second-order valence-electron chi connectivity index (χ2n) is 6.61. The second kappa shape index (κ2) is 7.77. The molecule has 1 amide bonds. The van der Waals surface area contributed by atoms with Crippen LogP contribution in [0, 0.1) is 11.7 Å². The van der Waals surface area contributed by atoms with Gasteiger partial charge in [0.2, 0.25) is 0 Å². The number of nitrogens with one attached hydrogen (secondary N) is 1. The van der Waals surface area contributed by atoms with Crippen molar-refractivity contribution in [3.8, 4) is 0 Å². The van der Waals surface area contributed by atoms with E-state index in [1.54, 1.807) is 36.4 Å². The number of carbonyl (C=O) groups excluding carboxylic acids is 2. The molecule has 144 valence electrons. The summed E-state index contributed by atoms with van der Waals surface area (Å²) in [5, 5.41) is 3.19. The van der Waals surface area contributed by atoms with E-state index in [1.807, 2.05) is 6.07 Å². The van der Waals surface area contributed by atoms with Crippen LogP contribution in [-0.4, -0.2) is 35.8 Å². The summed E-state index contributed by atoms with van der Waals surface area (Å²) in [5.74, 6) is -0.562. The highest BCUT2D eigenvalue weighted by atomic mass is 79.9. The molecule has 0 aromatic heterocycles. The first-order valence-electron chi connectivity index (χ1n) is 8.65. The Morgan fingerprint density at radius 3 is 2.86 bits per heavy atom. The van der Waals surface area contributed by atoms with Crippen LogP contribution in [0.5, 0.6) is 0 Å². The summed E-state index contributed by atoms with van der Waals surface area (Å²) in [4.78, 5) is 28.7. The Kier molecular flexibility index (Phi) is 5.35. The van der Waals surface area contributed by atoms with E-state index in [0.717, 1.165) is 6.29 Å². The molecule has 3 atom stereocenters. The van der Waals surface area contributed by atoms with Crippen LogP contribution in [0.25, 0.3) is 0 Å². The van der Waals surface area contributed by atoms with Gasteiger partial charge < -0.3 is 14.8 Å². The van der Waals surface area contributed by atoms with Crippen molar-refractivity contribution in [2.24, 2.45) is 10.9 Å². The van der Waals surface area contributed by atoms with Crippen LogP contribution < -0.4 is 5.32 Å². The van der Waals surface area contributed by atoms with Gasteiger partial charge in [-0.25, -0.2) is 9.38 Å². The summed E-state index contributed by atoms with van der Waals surface area (Å²) in [5.41, 5.74) is -0.212. The van der Waals surface area contributed by atoms with E-state index in [-0.39, 0.29) is 18.4 Å². The van der Waals surface area contributed by atoms with E-state index in [2.05, 4.69) is 21.2 Å². The monoisotopic (exact) mass is 462 g/mol. The van der Waals surface area contributed by atoms with Crippen molar-refractivity contribution in [2.45, 2.75) is 11.6 Å². The maximum atomic E-state index is 14.7. The van der Waals surface area contributed by atoms with E-state index >= 15 is 0 Å². The Morgan fingerprint density at radius 1 is 1.32 bits per heavy atom. The Labute approximate surface area is 173 Å². The fourth-order valence-electron chi connectivity index (χ4n) is 3.57. The predicted octanol–water partition coefficient (Wildman–Crippen LogP) is 3.53. The Balaban J connectivity index is 1.73. The van der Waals surface area contributed by atoms with Gasteiger partial charge in [0.1, 0.15) is 23.7 Å². The smallest absolute Gasteiger partial charge is 0.257 e. The lowest BCUT2D eigenvalue weighted by Gasteiger charge is -2.35. The topological polar surface area (TPSA) is 67.8 Å². The van der Waals surface area contributed by atoms with Crippen molar-refractivity contribution in [3.63, 3.8) is 0 Å². The van der Waals surface area contributed by atoms with Gasteiger partial charge in [-0.15, -0.1) is 0 Å². The molecule has 2 heterocycles. The molecule has 2 aliphatic heterocycles. The van der Waals surface area contributed by atoms with Crippen LogP contribution in [0.15, 0.2) is 58.0 Å². The van der Waals surface area contributed by atoms with Crippen molar-refractivity contribution < 1.29 is 18.7 Å². The van der Waals surface area contributed by atoms with Crippen LogP contribution in [0.2, 0.25) is 0 Å². The number of benzene rings is 2. The highest BCUT2D eigenvalue weighted by Crippen LogP contribution is 2.48. The summed E-state index contributed by atoms with van der Waals surface area (Å²) >= 11 is 4.70. The minimum atomic E-state index is -1.07. The lowest BCUT2D eigenvalue weighted by Crippen LogP contribution is -2.44. The zero-order chi connectivity index (χ0) is 19.7. The normalized spacial score (nSPS) is 26.3. The van der Waals surface area contributed by atoms with Gasteiger partial charge in [0.05, 0.1) is 6.61 Å². The summed E-state index contributed by atoms with van der Waals surface area (Å²) in [6.45, 7) is 0.0692. The van der Waals surface area contributed by atoms with Gasteiger partial charge in [0, 0.05) is 27.3 Å². The van der Waals surface area contributed by atoms with E-state index in [4.69, 9.17) is 9.73 Å². The molecule has 0 spiro atoms. The summed E-state index contributed by atoms with van der Waals surface area (Å²) in [6, 6.07) is 13.4. The number of aliphatic imine (C=N–C) groups is 1. The van der Waals surface area contributed by atoms with Gasteiger partial charge in [0.15, 0.2) is 5.17 Å². The molecule has 0 bridgehead atoms. The van der Waals surface area contributed by atoms with Crippen molar-refractivity contribution >= 4 is 45.1 Å². The van der Waals surface area contributed by atoms with Crippen LogP contribution in [-0.2, 0) is 15.1 Å². The lowest BCUT2D eigenvalue weighted by molar-refractivity contribution is -0.116.